The van der Waals surface area contributed by atoms with E-state index in [9.17, 15) is 4.79 Å². The highest BCUT2D eigenvalue weighted by Crippen LogP contribution is 2.25. The standard InChI is InChI=1S/C12H20N4O/c1-8-4-3-5-10(8)15-12(17)11(13)9-6-14-16(2)7-9/h6-8,10-11H,3-5,13H2,1-2H3,(H,15,17). The van der Waals surface area contributed by atoms with Crippen molar-refractivity contribution in [1.82, 2.24) is 15.1 Å². The summed E-state index contributed by atoms with van der Waals surface area (Å²) in [4.78, 5) is 12.0. The van der Waals surface area contributed by atoms with Gasteiger partial charge in [0.25, 0.3) is 0 Å². The second-order valence-electron chi connectivity index (χ2n) is 4.95. The lowest BCUT2D eigenvalue weighted by molar-refractivity contribution is -0.123. The number of aryl methyl sites for hydroxylation is 1. The highest BCUT2D eigenvalue weighted by atomic mass is 16.2. The Labute approximate surface area is 101 Å². The molecule has 0 radical (unpaired) electrons. The summed E-state index contributed by atoms with van der Waals surface area (Å²) in [7, 11) is 1.81. The molecule has 1 saturated carbocycles. The smallest absolute Gasteiger partial charge is 0.241 e. The average Bonchev–Trinajstić information content (AvgIpc) is 2.88. The van der Waals surface area contributed by atoms with Crippen LogP contribution >= 0.6 is 0 Å². The largest absolute Gasteiger partial charge is 0.351 e. The van der Waals surface area contributed by atoms with Gasteiger partial charge < -0.3 is 11.1 Å². The molecular formula is C12H20N4O. The highest BCUT2D eigenvalue weighted by molar-refractivity contribution is 5.83. The Morgan fingerprint density at radius 1 is 1.65 bits per heavy atom. The molecule has 2 rings (SSSR count). The number of hydrogen-bond acceptors (Lipinski definition) is 3. The van der Waals surface area contributed by atoms with Gasteiger partial charge in [-0.25, -0.2) is 0 Å². The molecule has 5 heteroatoms. The van der Waals surface area contributed by atoms with Gasteiger partial charge in [-0.2, -0.15) is 5.10 Å². The van der Waals surface area contributed by atoms with Crippen molar-refractivity contribution in [3.05, 3.63) is 18.0 Å². The van der Waals surface area contributed by atoms with Gasteiger partial charge in [-0.3, -0.25) is 9.48 Å². The molecule has 94 valence electrons. The van der Waals surface area contributed by atoms with E-state index in [2.05, 4.69) is 17.3 Å². The van der Waals surface area contributed by atoms with E-state index < -0.39 is 6.04 Å². The summed E-state index contributed by atoms with van der Waals surface area (Å²) < 4.78 is 1.65. The molecule has 3 atom stereocenters. The van der Waals surface area contributed by atoms with Crippen molar-refractivity contribution in [3.63, 3.8) is 0 Å². The molecule has 0 aliphatic heterocycles. The molecule has 0 saturated heterocycles. The van der Waals surface area contributed by atoms with Gasteiger partial charge in [-0.15, -0.1) is 0 Å². The normalized spacial score (nSPS) is 25.8. The van der Waals surface area contributed by atoms with Gasteiger partial charge >= 0.3 is 0 Å². The maximum atomic E-state index is 12.0. The third kappa shape index (κ3) is 2.66. The van der Waals surface area contributed by atoms with Crippen LogP contribution in [0.1, 0.15) is 37.8 Å². The molecule has 0 bridgehead atoms. The van der Waals surface area contributed by atoms with E-state index in [0.29, 0.717) is 5.92 Å². The number of nitrogens with two attached hydrogens (primary N) is 1. The van der Waals surface area contributed by atoms with Crippen LogP contribution in [0.2, 0.25) is 0 Å². The number of hydrogen-bond donors (Lipinski definition) is 2. The Morgan fingerprint density at radius 3 is 2.94 bits per heavy atom. The van der Waals surface area contributed by atoms with Crippen molar-refractivity contribution in [1.29, 1.82) is 0 Å². The van der Waals surface area contributed by atoms with Crippen LogP contribution in [-0.4, -0.2) is 21.7 Å². The molecule has 1 aliphatic carbocycles. The van der Waals surface area contributed by atoms with Gasteiger partial charge in [0.15, 0.2) is 0 Å². The molecule has 1 fully saturated rings. The maximum Gasteiger partial charge on any atom is 0.241 e. The Bertz CT molecular complexity index is 401. The highest BCUT2D eigenvalue weighted by Gasteiger charge is 2.27. The summed E-state index contributed by atoms with van der Waals surface area (Å²) in [6.07, 6.45) is 6.86. The monoisotopic (exact) mass is 236 g/mol. The van der Waals surface area contributed by atoms with Gasteiger partial charge in [-0.1, -0.05) is 13.3 Å². The number of aromatic nitrogens is 2. The molecule has 1 aromatic rings. The van der Waals surface area contributed by atoms with Gasteiger partial charge in [0.05, 0.1) is 6.20 Å². The third-order valence-electron chi connectivity index (χ3n) is 3.56. The van der Waals surface area contributed by atoms with Crippen LogP contribution in [0.15, 0.2) is 12.4 Å². The van der Waals surface area contributed by atoms with E-state index in [1.807, 2.05) is 7.05 Å². The van der Waals surface area contributed by atoms with Crippen molar-refractivity contribution < 1.29 is 4.79 Å². The van der Waals surface area contributed by atoms with Gasteiger partial charge in [0.2, 0.25) is 5.91 Å². The lowest BCUT2D eigenvalue weighted by Crippen LogP contribution is -2.41. The SMILES string of the molecule is CC1CCCC1NC(=O)C(N)c1cnn(C)c1. The maximum absolute atomic E-state index is 12.0. The van der Waals surface area contributed by atoms with Gasteiger partial charge in [0, 0.05) is 24.8 Å². The predicted octanol–water partition coefficient (Wildman–Crippen LogP) is 0.725. The van der Waals surface area contributed by atoms with Crippen LogP contribution in [0, 0.1) is 5.92 Å². The van der Waals surface area contributed by atoms with Crippen molar-refractivity contribution in [2.75, 3.05) is 0 Å². The Hall–Kier alpha value is -1.36. The number of amides is 1. The quantitative estimate of drug-likeness (QED) is 0.812. The first-order chi connectivity index (χ1) is 8.08. The van der Waals surface area contributed by atoms with E-state index in [1.54, 1.807) is 17.1 Å². The Balaban J connectivity index is 1.95. The van der Waals surface area contributed by atoms with E-state index >= 15 is 0 Å². The molecule has 0 aromatic carbocycles. The second kappa shape index (κ2) is 4.87. The first-order valence-electron chi connectivity index (χ1n) is 6.12. The van der Waals surface area contributed by atoms with Crippen molar-refractivity contribution in [3.8, 4) is 0 Å². The first kappa shape index (κ1) is 12.1. The molecule has 1 amide bonds. The van der Waals surface area contributed by atoms with Crippen LogP contribution in [0.4, 0.5) is 0 Å². The lowest BCUT2D eigenvalue weighted by Gasteiger charge is -2.19. The minimum absolute atomic E-state index is 0.100. The van der Waals surface area contributed by atoms with E-state index in [-0.39, 0.29) is 11.9 Å². The van der Waals surface area contributed by atoms with Gasteiger partial charge in [0.1, 0.15) is 6.04 Å². The molecule has 1 aromatic heterocycles. The van der Waals surface area contributed by atoms with Crippen LogP contribution in [-0.2, 0) is 11.8 Å². The second-order valence-corrected chi connectivity index (χ2v) is 4.95. The molecule has 1 aliphatic rings. The zero-order chi connectivity index (χ0) is 12.4. The van der Waals surface area contributed by atoms with Crippen LogP contribution < -0.4 is 11.1 Å². The van der Waals surface area contributed by atoms with Crippen molar-refractivity contribution in [2.24, 2.45) is 18.7 Å². The molecule has 0 spiro atoms. The molecule has 1 heterocycles. The van der Waals surface area contributed by atoms with Gasteiger partial charge in [-0.05, 0) is 18.8 Å². The zero-order valence-electron chi connectivity index (χ0n) is 10.4. The van der Waals surface area contributed by atoms with E-state index in [4.69, 9.17) is 5.73 Å². The van der Waals surface area contributed by atoms with Crippen LogP contribution in [0.5, 0.6) is 0 Å². The fourth-order valence-electron chi connectivity index (χ4n) is 2.38. The molecule has 5 nitrogen and oxygen atoms in total. The molecular weight excluding hydrogens is 216 g/mol. The number of carbonyl (C=O) groups excluding carboxylic acids is 1. The molecule has 3 N–H and O–H groups in total. The minimum atomic E-state index is -0.614. The average molecular weight is 236 g/mol. The zero-order valence-corrected chi connectivity index (χ0v) is 10.4. The Morgan fingerprint density at radius 2 is 2.41 bits per heavy atom. The summed E-state index contributed by atoms with van der Waals surface area (Å²) >= 11 is 0. The molecule has 3 unspecified atom stereocenters. The van der Waals surface area contributed by atoms with E-state index in [1.165, 1.54) is 12.8 Å². The first-order valence-corrected chi connectivity index (χ1v) is 6.12. The summed E-state index contributed by atoms with van der Waals surface area (Å²) in [5, 5.41) is 7.06. The van der Waals surface area contributed by atoms with E-state index in [0.717, 1.165) is 12.0 Å². The number of rotatable bonds is 3. The van der Waals surface area contributed by atoms with Crippen molar-refractivity contribution in [2.45, 2.75) is 38.3 Å². The summed E-state index contributed by atoms with van der Waals surface area (Å²) in [6, 6.07) is -0.332. The summed E-state index contributed by atoms with van der Waals surface area (Å²) in [5.41, 5.74) is 6.67. The fourth-order valence-corrected chi connectivity index (χ4v) is 2.38. The number of carbonyl (C=O) groups is 1. The topological polar surface area (TPSA) is 72.9 Å². The third-order valence-corrected chi connectivity index (χ3v) is 3.56. The summed E-state index contributed by atoms with van der Waals surface area (Å²) in [6.45, 7) is 2.17. The predicted molar refractivity (Wildman–Crippen MR) is 65.1 cm³/mol. The van der Waals surface area contributed by atoms with Crippen molar-refractivity contribution >= 4 is 5.91 Å². The molecule has 17 heavy (non-hydrogen) atoms. The Kier molecular flexibility index (Phi) is 3.47. The summed E-state index contributed by atoms with van der Waals surface area (Å²) in [5.74, 6) is 0.455. The minimum Gasteiger partial charge on any atom is -0.351 e. The fraction of sp³-hybridized carbons (Fsp3) is 0.667. The number of nitrogens with one attached hydrogen (secondary N) is 1. The van der Waals surface area contributed by atoms with Crippen LogP contribution in [0.3, 0.4) is 0 Å². The van der Waals surface area contributed by atoms with Crippen LogP contribution in [0.25, 0.3) is 0 Å². The number of nitrogens with zero attached hydrogens (tertiary/aromatic N) is 2. The lowest BCUT2D eigenvalue weighted by atomic mass is 10.1.